The van der Waals surface area contributed by atoms with Gasteiger partial charge in [-0.15, -0.1) is 36.4 Å². The summed E-state index contributed by atoms with van der Waals surface area (Å²) in [6, 6.07) is 40.4. The molecular weight excluding hydrogens is 938 g/mol. The first-order valence-electron chi connectivity index (χ1n) is 20.5. The summed E-state index contributed by atoms with van der Waals surface area (Å²) in [4.78, 5) is 14.5. The number of benzene rings is 4. The number of hydrogen-bond acceptors (Lipinski definition) is 5. The molecule has 9 rings (SSSR count). The number of pyridine rings is 3. The molecule has 5 nitrogen and oxygen atoms in total. The summed E-state index contributed by atoms with van der Waals surface area (Å²) in [7, 11) is -1.38. The first-order valence-corrected chi connectivity index (χ1v) is 24.0. The van der Waals surface area contributed by atoms with Gasteiger partial charge in [-0.05, 0) is 64.7 Å². The molecule has 0 fully saturated rings. The van der Waals surface area contributed by atoms with E-state index in [1.807, 2.05) is 36.7 Å². The molecule has 5 heterocycles. The minimum absolute atomic E-state index is 0. The van der Waals surface area contributed by atoms with Gasteiger partial charge in [0.05, 0.1) is 30.6 Å². The van der Waals surface area contributed by atoms with E-state index in [4.69, 9.17) is 13.8 Å². The summed E-state index contributed by atoms with van der Waals surface area (Å²) >= 11 is 0. The number of nitrogens with zero attached hydrogens (tertiary/aromatic N) is 3. The van der Waals surface area contributed by atoms with Gasteiger partial charge < -0.3 is 18.8 Å². The smallest absolute Gasteiger partial charge is 0.142 e. The molecule has 60 heavy (non-hydrogen) atoms. The number of rotatable bonds is 8. The average molecular weight is 988 g/mol. The fraction of sp³-hybridized carbons (Fsp3) is 0.250. The number of fused-ring (bicyclic) bond motifs is 6. The van der Waals surface area contributed by atoms with Crippen molar-refractivity contribution in [2.45, 2.75) is 78.9 Å². The van der Waals surface area contributed by atoms with Crippen molar-refractivity contribution in [3.63, 3.8) is 0 Å². The first kappa shape index (κ1) is 42.8. The Morgan fingerprint density at radius 3 is 2.03 bits per heavy atom. The molecule has 1 radical (unpaired) electrons. The van der Waals surface area contributed by atoms with Gasteiger partial charge in [-0.3, -0.25) is 4.98 Å². The number of hydrogen-bond donors (Lipinski definition) is 0. The van der Waals surface area contributed by atoms with Gasteiger partial charge in [0, 0.05) is 54.8 Å². The van der Waals surface area contributed by atoms with E-state index in [1.54, 1.807) is 6.07 Å². The standard InChI is InChI=1S/C32H33N2O.C20H17FNOSi.Ir/c1-20(2)17-22-15-16-33-27(18-22)25-14-10-13-24-26-19-28(32(5,6)23-11-8-7-9-12-23)34-29(21(3)4)31(26)35-30(24)25;1-24(2,3)14-8-10-18(22-12-14)17-6-4-5-16-15-9-7-13(21)11-19(15)23-20(16)17;/h7-13,15-16,18-21H,17H2,1-6H3;4-5,7-12H,1-3H3;/q2*-1;. The third-order valence-corrected chi connectivity index (χ3v) is 13.2. The van der Waals surface area contributed by atoms with Gasteiger partial charge >= 0.3 is 0 Å². The van der Waals surface area contributed by atoms with Crippen molar-refractivity contribution in [2.24, 2.45) is 5.92 Å². The summed E-state index contributed by atoms with van der Waals surface area (Å²) in [6.07, 6.45) is 4.87. The Morgan fingerprint density at radius 1 is 0.700 bits per heavy atom. The van der Waals surface area contributed by atoms with E-state index in [0.29, 0.717) is 17.1 Å². The largest absolute Gasteiger partial charge is 0.500 e. The Kier molecular flexibility index (Phi) is 12.1. The molecule has 0 bridgehead atoms. The van der Waals surface area contributed by atoms with Crippen LogP contribution >= 0.6 is 0 Å². The summed E-state index contributed by atoms with van der Waals surface area (Å²) in [5.41, 5.74) is 10.7. The summed E-state index contributed by atoms with van der Waals surface area (Å²) in [6.45, 7) is 20.2. The van der Waals surface area contributed by atoms with Gasteiger partial charge in [-0.25, -0.2) is 4.39 Å². The van der Waals surface area contributed by atoms with Crippen molar-refractivity contribution in [1.29, 1.82) is 0 Å². The number of aromatic nitrogens is 3. The number of halogens is 1. The quantitative estimate of drug-likeness (QED) is 0.112. The number of furan rings is 2. The van der Waals surface area contributed by atoms with Crippen LogP contribution in [0.1, 0.15) is 70.0 Å². The molecule has 5 aromatic heterocycles. The van der Waals surface area contributed by atoms with Gasteiger partial charge in [-0.1, -0.05) is 137 Å². The molecule has 0 saturated carbocycles. The van der Waals surface area contributed by atoms with Crippen LogP contribution in [0, 0.1) is 23.9 Å². The zero-order valence-corrected chi connectivity index (χ0v) is 39.1. The maximum Gasteiger partial charge on any atom is 0.142 e. The molecule has 0 spiro atoms. The van der Waals surface area contributed by atoms with Crippen LogP contribution in [0.15, 0.2) is 124 Å². The second-order valence-electron chi connectivity index (χ2n) is 17.8. The Balaban J connectivity index is 0.000000191. The van der Waals surface area contributed by atoms with E-state index in [2.05, 4.69) is 144 Å². The fourth-order valence-corrected chi connectivity index (χ4v) is 8.80. The van der Waals surface area contributed by atoms with E-state index in [-0.39, 0.29) is 37.3 Å². The van der Waals surface area contributed by atoms with Crippen LogP contribution in [0.2, 0.25) is 19.6 Å². The minimum Gasteiger partial charge on any atom is -0.500 e. The van der Waals surface area contributed by atoms with Gasteiger partial charge in [0.1, 0.15) is 17.0 Å². The second-order valence-corrected chi connectivity index (χ2v) is 22.9. The summed E-state index contributed by atoms with van der Waals surface area (Å²) in [5.74, 6) is 0.511. The molecule has 0 aliphatic carbocycles. The Morgan fingerprint density at radius 2 is 1.38 bits per heavy atom. The second kappa shape index (κ2) is 17.0. The van der Waals surface area contributed by atoms with Crippen LogP contribution in [0.4, 0.5) is 4.39 Å². The van der Waals surface area contributed by atoms with E-state index < -0.39 is 8.07 Å². The third-order valence-electron chi connectivity index (χ3n) is 11.1. The van der Waals surface area contributed by atoms with Gasteiger partial charge in [0.15, 0.2) is 0 Å². The maximum atomic E-state index is 13.5. The van der Waals surface area contributed by atoms with Crippen molar-refractivity contribution in [2.75, 3.05) is 0 Å². The topological polar surface area (TPSA) is 65.0 Å². The maximum absolute atomic E-state index is 13.5. The fourth-order valence-electron chi connectivity index (χ4n) is 7.77. The van der Waals surface area contributed by atoms with Crippen LogP contribution in [0.25, 0.3) is 66.4 Å². The van der Waals surface area contributed by atoms with E-state index in [9.17, 15) is 4.39 Å². The minimum atomic E-state index is -1.38. The molecule has 0 amide bonds. The molecule has 0 atom stereocenters. The average Bonchev–Trinajstić information content (AvgIpc) is 3.78. The van der Waals surface area contributed by atoms with Crippen molar-refractivity contribution in [1.82, 2.24) is 15.0 Å². The van der Waals surface area contributed by atoms with Gasteiger partial charge in [0.25, 0.3) is 0 Å². The van der Waals surface area contributed by atoms with Crippen LogP contribution < -0.4 is 5.19 Å². The summed E-state index contributed by atoms with van der Waals surface area (Å²) < 4.78 is 26.0. The normalized spacial score (nSPS) is 12.1. The zero-order valence-electron chi connectivity index (χ0n) is 35.7. The zero-order chi connectivity index (χ0) is 41.6. The molecule has 9 aromatic rings. The van der Waals surface area contributed by atoms with Crippen molar-refractivity contribution < 1.29 is 33.3 Å². The van der Waals surface area contributed by atoms with Crippen LogP contribution in [-0.2, 0) is 31.9 Å². The molecule has 0 unspecified atom stereocenters. The summed E-state index contributed by atoms with van der Waals surface area (Å²) in [5, 5.41) is 5.35. The molecule has 0 saturated heterocycles. The Hall–Kier alpha value is -5.27. The monoisotopic (exact) mass is 988 g/mol. The van der Waals surface area contributed by atoms with Gasteiger partial charge in [-0.2, -0.15) is 0 Å². The van der Waals surface area contributed by atoms with Crippen molar-refractivity contribution in [3.05, 3.63) is 156 Å². The van der Waals surface area contributed by atoms with Crippen LogP contribution in [-0.4, -0.2) is 23.0 Å². The van der Waals surface area contributed by atoms with Crippen LogP contribution in [0.3, 0.4) is 0 Å². The van der Waals surface area contributed by atoms with E-state index >= 15 is 0 Å². The Bertz CT molecular complexity index is 2950. The third kappa shape index (κ3) is 8.38. The molecule has 0 aliphatic heterocycles. The molecule has 307 valence electrons. The van der Waals surface area contributed by atoms with E-state index in [1.165, 1.54) is 28.4 Å². The SMILES string of the molecule is CC(C)Cc1ccnc(-c2[c-]ccc3c2oc2c(C(C)C)nc(C(C)(C)c4ccccc4)cc23)c1.C[Si](C)(C)c1ccc(-c2[c-]ccc3c2oc2cc(F)ccc23)nc1.[Ir]. The molecule has 4 aromatic carbocycles. The Labute approximate surface area is 366 Å². The predicted molar refractivity (Wildman–Crippen MR) is 244 cm³/mol. The van der Waals surface area contributed by atoms with E-state index in [0.717, 1.165) is 73.0 Å². The molecule has 0 aliphatic rings. The van der Waals surface area contributed by atoms with Crippen molar-refractivity contribution in [3.8, 4) is 22.5 Å². The van der Waals surface area contributed by atoms with Crippen LogP contribution in [0.5, 0.6) is 0 Å². The molecule has 0 N–H and O–H groups in total. The first-order chi connectivity index (χ1) is 28.2. The van der Waals surface area contributed by atoms with Gasteiger partial charge in [0.2, 0.25) is 0 Å². The molecule has 8 heteroatoms. The predicted octanol–water partition coefficient (Wildman–Crippen LogP) is 13.6. The van der Waals surface area contributed by atoms with Crippen molar-refractivity contribution >= 4 is 57.1 Å². The molecular formula is C52H50FIrN3O2Si-2.